The Balaban J connectivity index is 2.17. The van der Waals surface area contributed by atoms with Gasteiger partial charge < -0.3 is 47.7 Å². The van der Waals surface area contributed by atoms with Gasteiger partial charge in [0.25, 0.3) is 0 Å². The van der Waals surface area contributed by atoms with Crippen LogP contribution in [0.5, 0.6) is 0 Å². The van der Waals surface area contributed by atoms with Gasteiger partial charge in [0.05, 0.1) is 25.0 Å². The van der Waals surface area contributed by atoms with Crippen LogP contribution >= 0.6 is 0 Å². The molecule has 1 aromatic carbocycles. The Kier molecular flexibility index (Phi) is 10.3. The van der Waals surface area contributed by atoms with E-state index in [2.05, 4.69) is 20.9 Å². The summed E-state index contributed by atoms with van der Waals surface area (Å²) >= 11 is 0. The Morgan fingerprint density at radius 3 is 2.13 bits per heavy atom. The van der Waals surface area contributed by atoms with Crippen molar-refractivity contribution in [1.82, 2.24) is 20.9 Å². The van der Waals surface area contributed by atoms with Crippen LogP contribution in [-0.2, 0) is 35.2 Å². The molecule has 0 aliphatic carbocycles. The normalized spacial score (nSPS) is 14.9. The van der Waals surface area contributed by atoms with Crippen molar-refractivity contribution in [1.29, 1.82) is 0 Å². The molecule has 5 atom stereocenters. The van der Waals surface area contributed by atoms with Crippen LogP contribution in [0.25, 0.3) is 10.9 Å². The summed E-state index contributed by atoms with van der Waals surface area (Å²) in [5.74, 6) is -6.99. The van der Waals surface area contributed by atoms with E-state index in [-0.39, 0.29) is 6.42 Å². The lowest BCUT2D eigenvalue weighted by atomic mass is 10.0. The summed E-state index contributed by atoms with van der Waals surface area (Å²) in [5.41, 5.74) is 12.0. The van der Waals surface area contributed by atoms with E-state index in [4.69, 9.17) is 16.6 Å². The number of aromatic amines is 1. The third-order valence-corrected chi connectivity index (χ3v) is 5.55. The second-order valence-corrected chi connectivity index (χ2v) is 8.63. The fourth-order valence-corrected chi connectivity index (χ4v) is 3.61. The first-order valence-electron chi connectivity index (χ1n) is 11.4. The number of carboxylic acid groups (broad SMARTS) is 2. The number of primary amides is 1. The van der Waals surface area contributed by atoms with Crippen LogP contribution in [0.4, 0.5) is 0 Å². The molecule has 0 saturated carbocycles. The Morgan fingerprint density at radius 2 is 1.55 bits per heavy atom. The second-order valence-electron chi connectivity index (χ2n) is 8.63. The Morgan fingerprint density at radius 1 is 0.921 bits per heavy atom. The molecular weight excluding hydrogens is 504 g/mol. The van der Waals surface area contributed by atoms with E-state index in [1.165, 1.54) is 0 Å². The van der Waals surface area contributed by atoms with Crippen molar-refractivity contribution in [3.05, 3.63) is 36.0 Å². The summed E-state index contributed by atoms with van der Waals surface area (Å²) in [6.07, 6.45) is -1.53. The highest BCUT2D eigenvalue weighted by atomic mass is 16.4. The standard InChI is InChI=1S/C23H30N6O9/c1-10(30)19(29-20(34)13(24)7-18(32)33)22(36)27-15(8-17(25)31)21(35)28-16(23(37)38)6-11-9-26-14-5-3-2-4-12(11)14/h2-5,9-10,13,15-16,19,26,30H,6-8,24H2,1H3,(H2,25,31)(H,27,36)(H,28,35)(H,29,34)(H,32,33)(H,37,38). The summed E-state index contributed by atoms with van der Waals surface area (Å²) < 4.78 is 0. The molecule has 206 valence electrons. The smallest absolute Gasteiger partial charge is 0.326 e. The zero-order valence-corrected chi connectivity index (χ0v) is 20.3. The zero-order valence-electron chi connectivity index (χ0n) is 20.3. The van der Waals surface area contributed by atoms with Crippen LogP contribution in [0.15, 0.2) is 30.5 Å². The summed E-state index contributed by atoms with van der Waals surface area (Å²) in [6.45, 7) is 1.14. The minimum absolute atomic E-state index is 0.129. The predicted molar refractivity (Wildman–Crippen MR) is 131 cm³/mol. The first-order valence-corrected chi connectivity index (χ1v) is 11.4. The molecule has 15 heteroatoms. The Bertz CT molecular complexity index is 1210. The largest absolute Gasteiger partial charge is 0.481 e. The molecule has 0 fully saturated rings. The number of rotatable bonds is 14. The van der Waals surface area contributed by atoms with Gasteiger partial charge in [0.2, 0.25) is 23.6 Å². The van der Waals surface area contributed by atoms with Crippen molar-refractivity contribution >= 4 is 46.5 Å². The van der Waals surface area contributed by atoms with Crippen LogP contribution in [0.2, 0.25) is 0 Å². The number of nitrogens with two attached hydrogens (primary N) is 2. The summed E-state index contributed by atoms with van der Waals surface area (Å²) in [6, 6.07) is 0.782. The van der Waals surface area contributed by atoms with Crippen molar-refractivity contribution < 1.29 is 44.1 Å². The number of fused-ring (bicyclic) bond motifs is 1. The average Bonchev–Trinajstić information content (AvgIpc) is 3.23. The van der Waals surface area contributed by atoms with E-state index in [1.807, 2.05) is 0 Å². The molecule has 1 aromatic heterocycles. The van der Waals surface area contributed by atoms with E-state index in [0.717, 1.165) is 17.8 Å². The van der Waals surface area contributed by atoms with Gasteiger partial charge in [-0.3, -0.25) is 24.0 Å². The molecule has 0 spiro atoms. The van der Waals surface area contributed by atoms with Gasteiger partial charge >= 0.3 is 11.9 Å². The van der Waals surface area contributed by atoms with Gasteiger partial charge in [-0.15, -0.1) is 0 Å². The van der Waals surface area contributed by atoms with Crippen LogP contribution in [0.3, 0.4) is 0 Å². The number of hydrogen-bond acceptors (Lipinski definition) is 8. The molecule has 38 heavy (non-hydrogen) atoms. The number of carboxylic acids is 2. The number of H-pyrrole nitrogens is 1. The number of carbonyl (C=O) groups is 6. The van der Waals surface area contributed by atoms with Gasteiger partial charge in [0.15, 0.2) is 0 Å². The predicted octanol–water partition coefficient (Wildman–Crippen LogP) is -2.69. The van der Waals surface area contributed by atoms with Gasteiger partial charge in [-0.05, 0) is 18.6 Å². The van der Waals surface area contributed by atoms with Crippen LogP contribution < -0.4 is 27.4 Å². The maximum absolute atomic E-state index is 12.9. The maximum atomic E-state index is 12.9. The van der Waals surface area contributed by atoms with Crippen LogP contribution in [-0.4, -0.2) is 86.1 Å². The van der Waals surface area contributed by atoms with Crippen LogP contribution in [0.1, 0.15) is 25.3 Å². The maximum Gasteiger partial charge on any atom is 0.326 e. The highest BCUT2D eigenvalue weighted by Crippen LogP contribution is 2.19. The molecule has 11 N–H and O–H groups in total. The SMILES string of the molecule is CC(O)C(NC(=O)C(N)CC(=O)O)C(=O)NC(CC(N)=O)C(=O)NC(Cc1c[nH]c2ccccc12)C(=O)O. The molecule has 0 saturated heterocycles. The number of aliphatic hydroxyl groups excluding tert-OH is 1. The molecule has 2 aromatic rings. The molecule has 15 nitrogen and oxygen atoms in total. The third-order valence-electron chi connectivity index (χ3n) is 5.55. The van der Waals surface area contributed by atoms with Crippen LogP contribution in [0, 0.1) is 0 Å². The molecule has 0 radical (unpaired) electrons. The fraction of sp³-hybridized carbons (Fsp3) is 0.391. The molecule has 0 aliphatic heterocycles. The lowest BCUT2D eigenvalue weighted by Gasteiger charge is -2.26. The third kappa shape index (κ3) is 8.28. The number of aliphatic hydroxyl groups is 1. The quantitative estimate of drug-likeness (QED) is 0.121. The highest BCUT2D eigenvalue weighted by Gasteiger charge is 2.33. The minimum atomic E-state index is -1.69. The number of aromatic nitrogens is 1. The Labute approximate surface area is 215 Å². The van der Waals surface area contributed by atoms with Crippen molar-refractivity contribution in [3.63, 3.8) is 0 Å². The van der Waals surface area contributed by atoms with Gasteiger partial charge in [-0.1, -0.05) is 18.2 Å². The topological polar surface area (TPSA) is 267 Å². The van der Waals surface area contributed by atoms with E-state index in [1.54, 1.807) is 30.5 Å². The second kappa shape index (κ2) is 13.2. The van der Waals surface area contributed by atoms with Crippen molar-refractivity contribution in [2.75, 3.05) is 0 Å². The number of nitrogens with one attached hydrogen (secondary N) is 4. The summed E-state index contributed by atoms with van der Waals surface area (Å²) in [4.78, 5) is 75.1. The van der Waals surface area contributed by atoms with Gasteiger partial charge in [0.1, 0.15) is 18.1 Å². The highest BCUT2D eigenvalue weighted by molar-refractivity contribution is 5.97. The lowest BCUT2D eigenvalue weighted by Crippen LogP contribution is -2.60. The number of aliphatic carboxylic acids is 2. The molecule has 0 bridgehead atoms. The van der Waals surface area contributed by atoms with E-state index in [0.29, 0.717) is 5.56 Å². The lowest BCUT2D eigenvalue weighted by molar-refractivity contribution is -0.142. The van der Waals surface area contributed by atoms with Gasteiger partial charge in [-0.25, -0.2) is 4.79 Å². The average molecular weight is 535 g/mol. The molecule has 5 unspecified atom stereocenters. The summed E-state index contributed by atoms with van der Waals surface area (Å²) in [5, 5.41) is 35.7. The first-order chi connectivity index (χ1) is 17.8. The van der Waals surface area contributed by atoms with Crippen molar-refractivity contribution in [3.8, 4) is 0 Å². The number of benzene rings is 1. The molecular formula is C23H30N6O9. The number of carbonyl (C=O) groups excluding carboxylic acids is 4. The molecule has 4 amide bonds. The minimum Gasteiger partial charge on any atom is -0.481 e. The van der Waals surface area contributed by atoms with Crippen molar-refractivity contribution in [2.45, 2.75) is 56.5 Å². The zero-order chi connectivity index (χ0) is 28.6. The molecule has 0 aliphatic rings. The molecule has 2 rings (SSSR count). The number of para-hydroxylation sites is 1. The fourth-order valence-electron chi connectivity index (χ4n) is 3.61. The Hall–Kier alpha value is -4.50. The van der Waals surface area contributed by atoms with E-state index < -0.39 is 78.7 Å². The number of hydrogen-bond donors (Lipinski definition) is 9. The van der Waals surface area contributed by atoms with E-state index in [9.17, 15) is 39.0 Å². The molecule has 1 heterocycles. The first kappa shape index (κ1) is 29.7. The number of amides is 4. The van der Waals surface area contributed by atoms with Crippen molar-refractivity contribution in [2.24, 2.45) is 11.5 Å². The van der Waals surface area contributed by atoms with Gasteiger partial charge in [-0.2, -0.15) is 0 Å². The monoisotopic (exact) mass is 534 g/mol. The van der Waals surface area contributed by atoms with Gasteiger partial charge in [0, 0.05) is 23.5 Å². The van der Waals surface area contributed by atoms with E-state index >= 15 is 0 Å². The summed E-state index contributed by atoms with van der Waals surface area (Å²) in [7, 11) is 0.